The molecule has 0 saturated heterocycles. The first-order valence-corrected chi connectivity index (χ1v) is 6.30. The lowest BCUT2D eigenvalue weighted by molar-refractivity contribution is 0.0681. The average molecular weight is 258 g/mol. The molecule has 4 nitrogen and oxygen atoms in total. The number of nitrogens with zero attached hydrogens (tertiary/aromatic N) is 2. The molecule has 0 saturated carbocycles. The molecule has 0 spiro atoms. The fraction of sp³-hybridized carbons (Fsp3) is 0.333. The molecule has 1 aromatic heterocycles. The monoisotopic (exact) mass is 258 g/mol. The first-order valence-electron chi connectivity index (χ1n) is 6.30. The first-order chi connectivity index (χ1) is 8.90. The third-order valence-electron chi connectivity index (χ3n) is 3.25. The van der Waals surface area contributed by atoms with E-state index in [-0.39, 0.29) is 11.7 Å². The predicted octanol–water partition coefficient (Wildman–Crippen LogP) is 3.45. The van der Waals surface area contributed by atoms with E-state index in [0.717, 1.165) is 5.56 Å². The maximum absolute atomic E-state index is 11.2. The summed E-state index contributed by atoms with van der Waals surface area (Å²) in [6.07, 6.45) is 0. The zero-order valence-electron chi connectivity index (χ0n) is 11.6. The fourth-order valence-electron chi connectivity index (χ4n) is 1.99. The standard InChI is InChI=1S/C15H18N2O2/c1-9(2)17-14(15(18)19)8-13(16-17)12-6-5-10(3)11(4)7-12/h5-9H,1-4H3,(H,18,19). The van der Waals surface area contributed by atoms with Crippen molar-refractivity contribution in [3.05, 3.63) is 41.1 Å². The third kappa shape index (κ3) is 2.52. The van der Waals surface area contributed by atoms with E-state index in [1.165, 1.54) is 11.1 Å². The molecule has 0 radical (unpaired) electrons. The van der Waals surface area contributed by atoms with Gasteiger partial charge in [-0.1, -0.05) is 12.1 Å². The maximum atomic E-state index is 11.2. The molecule has 0 atom stereocenters. The Balaban J connectivity index is 2.54. The van der Waals surface area contributed by atoms with Gasteiger partial charge in [0.2, 0.25) is 0 Å². The van der Waals surface area contributed by atoms with Crippen molar-refractivity contribution in [1.29, 1.82) is 0 Å². The van der Waals surface area contributed by atoms with Gasteiger partial charge in [0.25, 0.3) is 0 Å². The summed E-state index contributed by atoms with van der Waals surface area (Å²) >= 11 is 0. The van der Waals surface area contributed by atoms with Crippen LogP contribution in [0.25, 0.3) is 11.3 Å². The van der Waals surface area contributed by atoms with E-state index in [2.05, 4.69) is 12.0 Å². The average Bonchev–Trinajstić information content (AvgIpc) is 2.78. The zero-order chi connectivity index (χ0) is 14.2. The minimum atomic E-state index is -0.948. The summed E-state index contributed by atoms with van der Waals surface area (Å²) in [4.78, 5) is 11.2. The molecule has 4 heteroatoms. The smallest absolute Gasteiger partial charge is 0.354 e. The van der Waals surface area contributed by atoms with Gasteiger partial charge >= 0.3 is 5.97 Å². The molecule has 0 aliphatic carbocycles. The molecular weight excluding hydrogens is 240 g/mol. The minimum absolute atomic E-state index is 0.0198. The Bertz CT molecular complexity index is 627. The van der Waals surface area contributed by atoms with Crippen molar-refractivity contribution in [2.75, 3.05) is 0 Å². The van der Waals surface area contributed by atoms with Crippen LogP contribution in [-0.2, 0) is 0 Å². The highest BCUT2D eigenvalue weighted by molar-refractivity contribution is 5.87. The van der Waals surface area contributed by atoms with Crippen molar-refractivity contribution in [2.45, 2.75) is 33.7 Å². The Kier molecular flexibility index (Phi) is 3.42. The number of rotatable bonds is 3. The van der Waals surface area contributed by atoms with Crippen molar-refractivity contribution in [2.24, 2.45) is 0 Å². The SMILES string of the molecule is Cc1ccc(-c2cc(C(=O)O)n(C(C)C)n2)cc1C. The number of hydrogen-bond acceptors (Lipinski definition) is 2. The Morgan fingerprint density at radius 2 is 1.89 bits per heavy atom. The summed E-state index contributed by atoms with van der Waals surface area (Å²) in [5.74, 6) is -0.948. The molecule has 2 aromatic rings. The van der Waals surface area contributed by atoms with Crippen LogP contribution in [0.15, 0.2) is 24.3 Å². The van der Waals surface area contributed by atoms with Crippen LogP contribution in [0, 0.1) is 13.8 Å². The summed E-state index contributed by atoms with van der Waals surface area (Å²) in [6, 6.07) is 7.69. The normalized spacial score (nSPS) is 11.0. The number of carbonyl (C=O) groups is 1. The van der Waals surface area contributed by atoms with Gasteiger partial charge in [-0.15, -0.1) is 0 Å². The second-order valence-corrected chi connectivity index (χ2v) is 5.06. The number of aromatic carboxylic acids is 1. The van der Waals surface area contributed by atoms with Gasteiger partial charge in [0.05, 0.1) is 5.69 Å². The number of aromatic nitrogens is 2. The number of benzene rings is 1. The van der Waals surface area contributed by atoms with Crippen LogP contribution in [0.3, 0.4) is 0 Å². The van der Waals surface area contributed by atoms with Gasteiger partial charge in [-0.2, -0.15) is 5.10 Å². The van der Waals surface area contributed by atoms with Gasteiger partial charge in [0.15, 0.2) is 0 Å². The van der Waals surface area contributed by atoms with Crippen molar-refractivity contribution in [1.82, 2.24) is 9.78 Å². The molecule has 1 heterocycles. The molecule has 2 rings (SSSR count). The van der Waals surface area contributed by atoms with Crippen molar-refractivity contribution >= 4 is 5.97 Å². The van der Waals surface area contributed by atoms with Crippen LogP contribution in [0.2, 0.25) is 0 Å². The topological polar surface area (TPSA) is 55.1 Å². The molecule has 0 fully saturated rings. The van der Waals surface area contributed by atoms with Crippen LogP contribution < -0.4 is 0 Å². The van der Waals surface area contributed by atoms with E-state index in [1.807, 2.05) is 39.0 Å². The summed E-state index contributed by atoms with van der Waals surface area (Å²) in [7, 11) is 0. The number of aryl methyl sites for hydroxylation is 2. The maximum Gasteiger partial charge on any atom is 0.354 e. The van der Waals surface area contributed by atoms with E-state index in [0.29, 0.717) is 5.69 Å². The van der Waals surface area contributed by atoms with Crippen LogP contribution in [0.5, 0.6) is 0 Å². The fourth-order valence-corrected chi connectivity index (χ4v) is 1.99. The Morgan fingerprint density at radius 3 is 2.37 bits per heavy atom. The Labute approximate surface area is 112 Å². The lowest BCUT2D eigenvalue weighted by Crippen LogP contribution is -2.11. The lowest BCUT2D eigenvalue weighted by Gasteiger charge is -2.07. The highest BCUT2D eigenvalue weighted by atomic mass is 16.4. The number of carboxylic acid groups (broad SMARTS) is 1. The molecule has 0 aliphatic heterocycles. The largest absolute Gasteiger partial charge is 0.477 e. The first kappa shape index (κ1) is 13.3. The van der Waals surface area contributed by atoms with Crippen LogP contribution >= 0.6 is 0 Å². The van der Waals surface area contributed by atoms with E-state index >= 15 is 0 Å². The van der Waals surface area contributed by atoms with E-state index in [4.69, 9.17) is 0 Å². The Hall–Kier alpha value is -2.10. The van der Waals surface area contributed by atoms with Gasteiger partial charge in [0, 0.05) is 11.6 Å². The summed E-state index contributed by atoms with van der Waals surface area (Å²) in [6.45, 7) is 7.93. The van der Waals surface area contributed by atoms with Crippen molar-refractivity contribution in [3.8, 4) is 11.3 Å². The van der Waals surface area contributed by atoms with Gasteiger partial charge in [-0.25, -0.2) is 4.79 Å². The number of carboxylic acids is 1. The molecule has 0 bridgehead atoms. The second-order valence-electron chi connectivity index (χ2n) is 5.06. The lowest BCUT2D eigenvalue weighted by atomic mass is 10.0. The van der Waals surface area contributed by atoms with Crippen molar-refractivity contribution < 1.29 is 9.90 Å². The highest BCUT2D eigenvalue weighted by Crippen LogP contribution is 2.23. The highest BCUT2D eigenvalue weighted by Gasteiger charge is 2.17. The third-order valence-corrected chi connectivity index (χ3v) is 3.25. The molecule has 1 N–H and O–H groups in total. The van der Waals surface area contributed by atoms with Gasteiger partial charge in [-0.3, -0.25) is 4.68 Å². The van der Waals surface area contributed by atoms with E-state index in [1.54, 1.807) is 10.7 Å². The summed E-state index contributed by atoms with van der Waals surface area (Å²) < 4.78 is 1.55. The predicted molar refractivity (Wildman–Crippen MR) is 74.5 cm³/mol. The Morgan fingerprint density at radius 1 is 1.21 bits per heavy atom. The quantitative estimate of drug-likeness (QED) is 0.917. The molecule has 0 unspecified atom stereocenters. The van der Waals surface area contributed by atoms with E-state index < -0.39 is 5.97 Å². The summed E-state index contributed by atoms with van der Waals surface area (Å²) in [5, 5.41) is 13.6. The molecule has 1 aromatic carbocycles. The van der Waals surface area contributed by atoms with E-state index in [9.17, 15) is 9.90 Å². The van der Waals surface area contributed by atoms with Crippen molar-refractivity contribution in [3.63, 3.8) is 0 Å². The van der Waals surface area contributed by atoms with Crippen LogP contribution in [0.4, 0.5) is 0 Å². The molecule has 0 aliphatic rings. The molecule has 100 valence electrons. The van der Waals surface area contributed by atoms with Gasteiger partial charge in [0.1, 0.15) is 5.69 Å². The van der Waals surface area contributed by atoms with Crippen LogP contribution in [0.1, 0.15) is 41.5 Å². The summed E-state index contributed by atoms with van der Waals surface area (Å²) in [5.41, 5.74) is 4.27. The van der Waals surface area contributed by atoms with Gasteiger partial charge in [-0.05, 0) is 51.0 Å². The second kappa shape index (κ2) is 4.88. The zero-order valence-corrected chi connectivity index (χ0v) is 11.6. The molecule has 19 heavy (non-hydrogen) atoms. The van der Waals surface area contributed by atoms with Crippen LogP contribution in [-0.4, -0.2) is 20.9 Å². The van der Waals surface area contributed by atoms with Gasteiger partial charge < -0.3 is 5.11 Å². The molecular formula is C15H18N2O2. The molecule has 0 amide bonds. The minimum Gasteiger partial charge on any atom is -0.477 e. The number of hydrogen-bond donors (Lipinski definition) is 1.